The molecule has 138 valence electrons. The van der Waals surface area contributed by atoms with Crippen molar-refractivity contribution in [3.8, 4) is 5.75 Å². The molecule has 1 saturated heterocycles. The molecule has 1 fully saturated rings. The van der Waals surface area contributed by atoms with Gasteiger partial charge in [0, 0.05) is 43.9 Å². The molecule has 6 heteroatoms. The summed E-state index contributed by atoms with van der Waals surface area (Å²) in [6.45, 7) is 7.75. The van der Waals surface area contributed by atoms with Crippen molar-refractivity contribution in [3.05, 3.63) is 53.1 Å². The molecule has 0 aromatic carbocycles. The summed E-state index contributed by atoms with van der Waals surface area (Å²) in [7, 11) is 0. The Hall–Kier alpha value is -2.47. The van der Waals surface area contributed by atoms with Gasteiger partial charge in [0.1, 0.15) is 5.75 Å². The Morgan fingerprint density at radius 1 is 1.12 bits per heavy atom. The Bertz CT molecular complexity index is 799. The third kappa shape index (κ3) is 4.02. The minimum absolute atomic E-state index is 0.432. The largest absolute Gasteiger partial charge is 0.478 e. The molecule has 1 aliphatic rings. The van der Waals surface area contributed by atoms with Crippen LogP contribution in [0.2, 0.25) is 0 Å². The fourth-order valence-corrected chi connectivity index (χ4v) is 3.34. The predicted molar refractivity (Wildman–Crippen MR) is 98.2 cm³/mol. The van der Waals surface area contributed by atoms with E-state index in [1.54, 1.807) is 0 Å². The van der Waals surface area contributed by atoms with Crippen LogP contribution in [-0.2, 0) is 11.3 Å². The highest BCUT2D eigenvalue weighted by atomic mass is 16.5. The number of hydrogen-bond donors (Lipinski definition) is 1. The summed E-state index contributed by atoms with van der Waals surface area (Å²) in [5, 5.41) is 9.83. The zero-order valence-electron chi connectivity index (χ0n) is 15.5. The van der Waals surface area contributed by atoms with Gasteiger partial charge in [-0.2, -0.15) is 0 Å². The second kappa shape index (κ2) is 7.41. The van der Waals surface area contributed by atoms with Crippen molar-refractivity contribution in [1.29, 1.82) is 0 Å². The summed E-state index contributed by atoms with van der Waals surface area (Å²) in [5.74, 6) is -0.363. The fourth-order valence-electron chi connectivity index (χ4n) is 3.34. The van der Waals surface area contributed by atoms with Crippen LogP contribution in [0.3, 0.4) is 0 Å². The molecule has 0 bridgehead atoms. The zero-order valence-corrected chi connectivity index (χ0v) is 15.5. The van der Waals surface area contributed by atoms with Crippen molar-refractivity contribution < 1.29 is 14.6 Å². The highest BCUT2D eigenvalue weighted by molar-refractivity contribution is 5.78. The van der Waals surface area contributed by atoms with Gasteiger partial charge in [0.05, 0.1) is 11.4 Å². The monoisotopic (exact) mass is 355 g/mol. The van der Waals surface area contributed by atoms with E-state index in [4.69, 9.17) is 4.74 Å². The SMILES string of the molecule is Cc1cccc(CN2CCC(Oc3ccc(C)nc3C)(C(=O)O)CC2)n1. The lowest BCUT2D eigenvalue weighted by atomic mass is 9.91. The molecule has 0 unspecified atom stereocenters. The van der Waals surface area contributed by atoms with E-state index in [2.05, 4.69) is 14.9 Å². The second-order valence-corrected chi connectivity index (χ2v) is 6.98. The number of ether oxygens (including phenoxy) is 1. The number of nitrogens with zero attached hydrogens (tertiary/aromatic N) is 3. The van der Waals surface area contributed by atoms with Gasteiger partial charge in [-0.15, -0.1) is 0 Å². The van der Waals surface area contributed by atoms with Crippen LogP contribution in [-0.4, -0.2) is 44.6 Å². The summed E-state index contributed by atoms with van der Waals surface area (Å²) >= 11 is 0. The number of rotatable bonds is 5. The highest BCUT2D eigenvalue weighted by Crippen LogP contribution is 2.31. The summed E-state index contributed by atoms with van der Waals surface area (Å²) in [6, 6.07) is 9.63. The van der Waals surface area contributed by atoms with E-state index in [-0.39, 0.29) is 0 Å². The number of aromatic nitrogens is 2. The molecule has 2 aromatic rings. The smallest absolute Gasteiger partial charge is 0.348 e. The molecular weight excluding hydrogens is 330 g/mol. The lowest BCUT2D eigenvalue weighted by Crippen LogP contribution is -2.53. The van der Waals surface area contributed by atoms with Crippen LogP contribution in [0.15, 0.2) is 30.3 Å². The fraction of sp³-hybridized carbons (Fsp3) is 0.450. The topological polar surface area (TPSA) is 75.5 Å². The summed E-state index contributed by atoms with van der Waals surface area (Å²) < 4.78 is 6.00. The van der Waals surface area contributed by atoms with Gasteiger partial charge < -0.3 is 9.84 Å². The van der Waals surface area contributed by atoms with Crippen LogP contribution in [0.4, 0.5) is 0 Å². The minimum Gasteiger partial charge on any atom is -0.478 e. The van der Waals surface area contributed by atoms with E-state index < -0.39 is 11.6 Å². The molecule has 0 aliphatic carbocycles. The molecule has 0 atom stereocenters. The molecule has 1 N–H and O–H groups in total. The predicted octanol–water partition coefficient (Wildman–Crippen LogP) is 2.90. The van der Waals surface area contributed by atoms with Crippen LogP contribution >= 0.6 is 0 Å². The number of aryl methyl sites for hydroxylation is 3. The molecule has 3 heterocycles. The number of carboxylic acid groups (broad SMARTS) is 1. The van der Waals surface area contributed by atoms with E-state index in [9.17, 15) is 9.90 Å². The number of aliphatic carboxylic acids is 1. The Balaban J connectivity index is 1.69. The molecule has 0 spiro atoms. The standard InChI is InChI=1S/C20H25N3O3/c1-14-5-4-6-17(22-14)13-23-11-9-20(10-12-23,19(24)25)26-18-8-7-15(2)21-16(18)3/h4-8H,9-13H2,1-3H3,(H,24,25). The van der Waals surface area contributed by atoms with E-state index in [1.165, 1.54) is 0 Å². The molecule has 3 rings (SSSR count). The lowest BCUT2D eigenvalue weighted by Gasteiger charge is -2.39. The van der Waals surface area contributed by atoms with Crippen LogP contribution in [0.1, 0.15) is 35.6 Å². The van der Waals surface area contributed by atoms with Crippen LogP contribution in [0, 0.1) is 20.8 Å². The van der Waals surface area contributed by atoms with Crippen LogP contribution in [0.25, 0.3) is 0 Å². The highest BCUT2D eigenvalue weighted by Gasteiger charge is 2.44. The maximum atomic E-state index is 12.0. The van der Waals surface area contributed by atoms with Crippen molar-refractivity contribution in [2.45, 2.75) is 45.8 Å². The molecular formula is C20H25N3O3. The van der Waals surface area contributed by atoms with Gasteiger partial charge in [-0.1, -0.05) is 6.07 Å². The Kier molecular flexibility index (Phi) is 5.23. The van der Waals surface area contributed by atoms with Crippen molar-refractivity contribution in [1.82, 2.24) is 14.9 Å². The van der Waals surface area contributed by atoms with Crippen LogP contribution in [0.5, 0.6) is 5.75 Å². The number of carboxylic acids is 1. The first kappa shape index (κ1) is 18.3. The number of carbonyl (C=O) groups is 1. The van der Waals surface area contributed by atoms with Gasteiger partial charge in [-0.3, -0.25) is 14.9 Å². The van der Waals surface area contributed by atoms with Gasteiger partial charge >= 0.3 is 5.97 Å². The van der Waals surface area contributed by atoms with Gasteiger partial charge in [0.2, 0.25) is 5.60 Å². The first-order valence-corrected chi connectivity index (χ1v) is 8.89. The quantitative estimate of drug-likeness (QED) is 0.889. The lowest BCUT2D eigenvalue weighted by molar-refractivity contribution is -0.160. The molecule has 1 aliphatic heterocycles. The first-order valence-electron chi connectivity index (χ1n) is 8.89. The molecule has 26 heavy (non-hydrogen) atoms. The maximum Gasteiger partial charge on any atom is 0.348 e. The van der Waals surface area contributed by atoms with E-state index in [1.807, 2.05) is 51.1 Å². The molecule has 0 amide bonds. The van der Waals surface area contributed by atoms with Crippen molar-refractivity contribution in [2.24, 2.45) is 0 Å². The van der Waals surface area contributed by atoms with Crippen molar-refractivity contribution in [3.63, 3.8) is 0 Å². The van der Waals surface area contributed by atoms with Crippen molar-refractivity contribution in [2.75, 3.05) is 13.1 Å². The average Bonchev–Trinajstić information content (AvgIpc) is 2.59. The van der Waals surface area contributed by atoms with Gasteiger partial charge in [0.25, 0.3) is 0 Å². The normalized spacial score (nSPS) is 17.0. The van der Waals surface area contributed by atoms with Gasteiger partial charge in [0.15, 0.2) is 0 Å². The third-order valence-corrected chi connectivity index (χ3v) is 4.87. The molecule has 0 saturated carbocycles. The minimum atomic E-state index is -1.20. The number of piperidine rings is 1. The maximum absolute atomic E-state index is 12.0. The van der Waals surface area contributed by atoms with Crippen LogP contribution < -0.4 is 4.74 Å². The number of hydrogen-bond acceptors (Lipinski definition) is 5. The third-order valence-electron chi connectivity index (χ3n) is 4.87. The number of likely N-dealkylation sites (tertiary alicyclic amines) is 1. The Morgan fingerprint density at radius 2 is 1.81 bits per heavy atom. The average molecular weight is 355 g/mol. The zero-order chi connectivity index (χ0) is 18.7. The molecule has 0 radical (unpaired) electrons. The van der Waals surface area contributed by atoms with Gasteiger partial charge in [-0.25, -0.2) is 4.79 Å². The van der Waals surface area contributed by atoms with Crippen molar-refractivity contribution >= 4 is 5.97 Å². The molecule has 6 nitrogen and oxygen atoms in total. The summed E-state index contributed by atoms with van der Waals surface area (Å²) in [6.07, 6.45) is 0.864. The Morgan fingerprint density at radius 3 is 2.42 bits per heavy atom. The first-order chi connectivity index (χ1) is 12.4. The number of pyridine rings is 2. The Labute approximate surface area is 153 Å². The molecule has 2 aromatic heterocycles. The van der Waals surface area contributed by atoms with E-state index >= 15 is 0 Å². The van der Waals surface area contributed by atoms with Gasteiger partial charge in [-0.05, 0) is 45.0 Å². The second-order valence-electron chi connectivity index (χ2n) is 6.98. The summed E-state index contributed by atoms with van der Waals surface area (Å²) in [5.41, 5.74) is 2.41. The van der Waals surface area contributed by atoms with E-state index in [0.717, 1.165) is 29.3 Å². The van der Waals surface area contributed by atoms with E-state index in [0.29, 0.717) is 31.7 Å². The summed E-state index contributed by atoms with van der Waals surface area (Å²) in [4.78, 5) is 23.1.